The highest BCUT2D eigenvalue weighted by Gasteiger charge is 2.52. The fourth-order valence-corrected chi connectivity index (χ4v) is 2.83. The van der Waals surface area contributed by atoms with Gasteiger partial charge in [-0.2, -0.15) is 0 Å². The van der Waals surface area contributed by atoms with Crippen molar-refractivity contribution >= 4 is 34.1 Å². The zero-order valence-electron chi connectivity index (χ0n) is 11.4. The summed E-state index contributed by atoms with van der Waals surface area (Å²) >= 11 is 1.29. The molecule has 3 nitrogen and oxygen atoms in total. The monoisotopic (exact) mass is 279 g/mol. The number of hydrogen-bond acceptors (Lipinski definition) is 4. The highest BCUT2D eigenvalue weighted by molar-refractivity contribution is 7.17. The lowest BCUT2D eigenvalue weighted by molar-refractivity contribution is 0.00578. The van der Waals surface area contributed by atoms with E-state index in [4.69, 9.17) is 9.31 Å². The number of halogens is 1. The van der Waals surface area contributed by atoms with Gasteiger partial charge in [0.25, 0.3) is 0 Å². The molecule has 3 rings (SSSR count). The van der Waals surface area contributed by atoms with Crippen LogP contribution in [-0.4, -0.2) is 23.3 Å². The van der Waals surface area contributed by atoms with E-state index in [-0.39, 0.29) is 5.82 Å². The van der Waals surface area contributed by atoms with Crippen LogP contribution in [0.25, 0.3) is 10.2 Å². The molecule has 0 amide bonds. The van der Waals surface area contributed by atoms with E-state index < -0.39 is 18.3 Å². The average Bonchev–Trinajstić information content (AvgIpc) is 2.84. The molecule has 1 saturated heterocycles. The summed E-state index contributed by atoms with van der Waals surface area (Å²) < 4.78 is 26.2. The van der Waals surface area contributed by atoms with Crippen LogP contribution in [0, 0.1) is 5.82 Å². The summed E-state index contributed by atoms with van der Waals surface area (Å²) in [6.45, 7) is 7.98. The first kappa shape index (κ1) is 13.0. The average molecular weight is 279 g/mol. The van der Waals surface area contributed by atoms with Crippen LogP contribution in [0.4, 0.5) is 4.39 Å². The molecule has 0 bridgehead atoms. The molecule has 6 heteroatoms. The summed E-state index contributed by atoms with van der Waals surface area (Å²) in [6.07, 6.45) is 0. The Hall–Kier alpha value is -0.975. The van der Waals surface area contributed by atoms with Gasteiger partial charge in [0.15, 0.2) is 0 Å². The third kappa shape index (κ3) is 1.90. The quantitative estimate of drug-likeness (QED) is 0.752. The van der Waals surface area contributed by atoms with Crippen molar-refractivity contribution in [1.29, 1.82) is 0 Å². The van der Waals surface area contributed by atoms with Gasteiger partial charge in [0.2, 0.25) is 0 Å². The molecule has 0 saturated carbocycles. The van der Waals surface area contributed by atoms with Crippen molar-refractivity contribution in [3.05, 3.63) is 23.5 Å². The molecule has 0 spiro atoms. The molecule has 1 fully saturated rings. The van der Waals surface area contributed by atoms with Crippen molar-refractivity contribution in [2.75, 3.05) is 0 Å². The van der Waals surface area contributed by atoms with E-state index in [0.29, 0.717) is 10.2 Å². The highest BCUT2D eigenvalue weighted by atomic mass is 32.1. The van der Waals surface area contributed by atoms with Crippen LogP contribution in [0.15, 0.2) is 17.6 Å². The zero-order valence-corrected chi connectivity index (χ0v) is 12.2. The minimum absolute atomic E-state index is 0.252. The number of hydrogen-bond donors (Lipinski definition) is 0. The summed E-state index contributed by atoms with van der Waals surface area (Å²) in [4.78, 5) is 4.24. The third-order valence-corrected chi connectivity index (χ3v) is 4.81. The smallest absolute Gasteiger partial charge is 0.399 e. The van der Waals surface area contributed by atoms with E-state index in [9.17, 15) is 4.39 Å². The van der Waals surface area contributed by atoms with E-state index in [2.05, 4.69) is 4.98 Å². The second-order valence-electron chi connectivity index (χ2n) is 5.75. The predicted molar refractivity (Wildman–Crippen MR) is 75.3 cm³/mol. The second kappa shape index (κ2) is 4.01. The Morgan fingerprint density at radius 1 is 1.16 bits per heavy atom. The van der Waals surface area contributed by atoms with E-state index >= 15 is 0 Å². The maximum atomic E-state index is 13.7. The summed E-state index contributed by atoms with van der Waals surface area (Å²) in [7, 11) is -0.504. The van der Waals surface area contributed by atoms with Gasteiger partial charge in [-0.3, -0.25) is 0 Å². The van der Waals surface area contributed by atoms with E-state index in [1.165, 1.54) is 17.4 Å². The van der Waals surface area contributed by atoms with Crippen LogP contribution in [0.5, 0.6) is 0 Å². The fourth-order valence-electron chi connectivity index (χ4n) is 2.10. The number of rotatable bonds is 1. The number of thiazole rings is 1. The van der Waals surface area contributed by atoms with Gasteiger partial charge < -0.3 is 9.31 Å². The molecule has 1 aromatic carbocycles. The largest absolute Gasteiger partial charge is 0.497 e. The van der Waals surface area contributed by atoms with Crippen LogP contribution in [-0.2, 0) is 9.31 Å². The lowest BCUT2D eigenvalue weighted by Crippen LogP contribution is -2.41. The molecule has 2 aromatic rings. The molecule has 100 valence electrons. The second-order valence-corrected chi connectivity index (χ2v) is 6.61. The van der Waals surface area contributed by atoms with Gasteiger partial charge in [-0.25, -0.2) is 9.37 Å². The standard InChI is InChI=1S/C13H15BFNO2S/c1-12(2)13(3,4)18-14(17-12)8-5-6-9(15)11-10(8)16-7-19-11/h5-7H,1-4H3. The Bertz CT molecular complexity index is 625. The summed E-state index contributed by atoms with van der Waals surface area (Å²) in [5, 5.41) is 0. The molecule has 0 unspecified atom stereocenters. The minimum atomic E-state index is -0.504. The number of aromatic nitrogens is 1. The van der Waals surface area contributed by atoms with E-state index in [1.54, 1.807) is 11.6 Å². The number of fused-ring (bicyclic) bond motifs is 1. The van der Waals surface area contributed by atoms with Gasteiger partial charge in [-0.1, -0.05) is 6.07 Å². The van der Waals surface area contributed by atoms with Crippen molar-refractivity contribution in [2.24, 2.45) is 0 Å². The molecule has 2 heterocycles. The zero-order chi connectivity index (χ0) is 13.8. The molecule has 0 aliphatic carbocycles. The molecule has 0 radical (unpaired) electrons. The van der Waals surface area contributed by atoms with Gasteiger partial charge >= 0.3 is 7.12 Å². The van der Waals surface area contributed by atoms with Gasteiger partial charge in [0.05, 0.1) is 26.9 Å². The van der Waals surface area contributed by atoms with Crippen molar-refractivity contribution in [3.8, 4) is 0 Å². The van der Waals surface area contributed by atoms with Crippen LogP contribution in [0.3, 0.4) is 0 Å². The van der Waals surface area contributed by atoms with E-state index in [1.807, 2.05) is 27.7 Å². The summed E-state index contributed by atoms with van der Waals surface area (Å²) in [6, 6.07) is 3.14. The fraction of sp³-hybridized carbons (Fsp3) is 0.462. The lowest BCUT2D eigenvalue weighted by atomic mass is 9.78. The molecule has 19 heavy (non-hydrogen) atoms. The molecule has 1 aliphatic heterocycles. The Labute approximate surface area is 115 Å². The highest BCUT2D eigenvalue weighted by Crippen LogP contribution is 2.37. The predicted octanol–water partition coefficient (Wildman–Crippen LogP) is 2.73. The summed E-state index contributed by atoms with van der Waals surface area (Å²) in [5.74, 6) is -0.252. The summed E-state index contributed by atoms with van der Waals surface area (Å²) in [5.41, 5.74) is 2.24. The van der Waals surface area contributed by atoms with Crippen molar-refractivity contribution < 1.29 is 13.7 Å². The third-order valence-electron chi connectivity index (χ3n) is 3.97. The van der Waals surface area contributed by atoms with Crippen molar-refractivity contribution in [1.82, 2.24) is 4.98 Å². The van der Waals surface area contributed by atoms with Crippen molar-refractivity contribution in [3.63, 3.8) is 0 Å². The van der Waals surface area contributed by atoms with Gasteiger partial charge in [0.1, 0.15) is 5.82 Å². The Balaban J connectivity index is 2.08. The van der Waals surface area contributed by atoms with Crippen LogP contribution >= 0.6 is 11.3 Å². The van der Waals surface area contributed by atoms with Gasteiger partial charge in [0, 0.05) is 5.46 Å². The van der Waals surface area contributed by atoms with Gasteiger partial charge in [-0.05, 0) is 33.8 Å². The molecule has 0 atom stereocenters. The first-order valence-electron chi connectivity index (χ1n) is 6.19. The SMILES string of the molecule is CC1(C)OB(c2ccc(F)c3scnc23)OC1(C)C. The molecule has 1 aromatic heterocycles. The lowest BCUT2D eigenvalue weighted by Gasteiger charge is -2.32. The van der Waals surface area contributed by atoms with Gasteiger partial charge in [-0.15, -0.1) is 11.3 Å². The normalized spacial score (nSPS) is 21.2. The van der Waals surface area contributed by atoms with E-state index in [0.717, 1.165) is 5.46 Å². The van der Waals surface area contributed by atoms with Crippen molar-refractivity contribution in [2.45, 2.75) is 38.9 Å². The number of benzene rings is 1. The maximum absolute atomic E-state index is 13.7. The minimum Gasteiger partial charge on any atom is -0.399 e. The first-order valence-corrected chi connectivity index (χ1v) is 7.07. The number of nitrogens with zero attached hydrogens (tertiary/aromatic N) is 1. The first-order chi connectivity index (χ1) is 8.82. The Morgan fingerprint density at radius 2 is 1.79 bits per heavy atom. The Morgan fingerprint density at radius 3 is 2.42 bits per heavy atom. The maximum Gasteiger partial charge on any atom is 0.497 e. The molecule has 0 N–H and O–H groups in total. The van der Waals surface area contributed by atoms with Crippen LogP contribution < -0.4 is 5.46 Å². The molecular weight excluding hydrogens is 264 g/mol. The topological polar surface area (TPSA) is 31.4 Å². The molecular formula is C13H15BFNO2S. The van der Waals surface area contributed by atoms with Crippen LogP contribution in [0.1, 0.15) is 27.7 Å². The Kier molecular flexibility index (Phi) is 2.75. The molecule has 1 aliphatic rings. The van der Waals surface area contributed by atoms with Crippen LogP contribution in [0.2, 0.25) is 0 Å².